The Kier molecular flexibility index (Phi) is 2.96. The molecule has 0 bridgehead atoms. The first-order chi connectivity index (χ1) is 7.66. The standard InChI is InChI=1S/C11H12FN3O/c1-7-4-9(12)3-2-8(7)5-10(16)11-13-6-14-15-11/h2-4,6,10,16H,5H2,1H3,(H,13,14,15). The minimum atomic E-state index is -0.744. The van der Waals surface area contributed by atoms with Gasteiger partial charge in [0.2, 0.25) is 0 Å². The molecule has 1 heterocycles. The predicted octanol–water partition coefficient (Wildman–Crippen LogP) is 1.53. The van der Waals surface area contributed by atoms with Crippen molar-refractivity contribution < 1.29 is 9.50 Å². The number of nitrogens with one attached hydrogen (secondary N) is 1. The number of hydrogen-bond acceptors (Lipinski definition) is 3. The SMILES string of the molecule is Cc1cc(F)ccc1CC(O)c1ncn[nH]1. The molecule has 1 atom stereocenters. The van der Waals surface area contributed by atoms with Crippen molar-refractivity contribution in [2.45, 2.75) is 19.4 Å². The van der Waals surface area contributed by atoms with Gasteiger partial charge in [-0.2, -0.15) is 5.10 Å². The third kappa shape index (κ3) is 2.25. The lowest BCUT2D eigenvalue weighted by Gasteiger charge is -2.09. The van der Waals surface area contributed by atoms with E-state index in [1.807, 2.05) is 6.92 Å². The van der Waals surface area contributed by atoms with Crippen molar-refractivity contribution in [3.63, 3.8) is 0 Å². The van der Waals surface area contributed by atoms with Gasteiger partial charge in [0, 0.05) is 6.42 Å². The number of nitrogens with zero attached hydrogens (tertiary/aromatic N) is 2. The minimum absolute atomic E-state index is 0.268. The zero-order chi connectivity index (χ0) is 11.5. The quantitative estimate of drug-likeness (QED) is 0.826. The maximum Gasteiger partial charge on any atom is 0.153 e. The highest BCUT2D eigenvalue weighted by molar-refractivity contribution is 5.27. The summed E-state index contributed by atoms with van der Waals surface area (Å²) in [5.74, 6) is 0.152. The van der Waals surface area contributed by atoms with Gasteiger partial charge >= 0.3 is 0 Å². The first-order valence-electron chi connectivity index (χ1n) is 4.95. The Bertz CT molecular complexity index is 470. The molecule has 0 aliphatic carbocycles. The second kappa shape index (κ2) is 4.40. The van der Waals surface area contributed by atoms with Gasteiger partial charge in [0.1, 0.15) is 18.2 Å². The smallest absolute Gasteiger partial charge is 0.153 e. The molecule has 1 unspecified atom stereocenters. The van der Waals surface area contributed by atoms with Crippen molar-refractivity contribution in [2.24, 2.45) is 0 Å². The Morgan fingerprint density at radius 1 is 1.50 bits per heavy atom. The molecule has 0 fully saturated rings. The molecule has 0 aliphatic heterocycles. The van der Waals surface area contributed by atoms with E-state index in [1.165, 1.54) is 18.5 Å². The minimum Gasteiger partial charge on any atom is -0.385 e. The number of H-pyrrole nitrogens is 1. The molecule has 16 heavy (non-hydrogen) atoms. The summed E-state index contributed by atoms with van der Waals surface area (Å²) in [5.41, 5.74) is 1.71. The van der Waals surface area contributed by atoms with Crippen molar-refractivity contribution in [1.29, 1.82) is 0 Å². The number of hydrogen-bond donors (Lipinski definition) is 2. The van der Waals surface area contributed by atoms with Crippen LogP contribution in [0.3, 0.4) is 0 Å². The van der Waals surface area contributed by atoms with Crippen LogP contribution < -0.4 is 0 Å². The number of aromatic nitrogens is 3. The lowest BCUT2D eigenvalue weighted by Crippen LogP contribution is -2.05. The van der Waals surface area contributed by atoms with Crippen molar-refractivity contribution in [1.82, 2.24) is 15.2 Å². The summed E-state index contributed by atoms with van der Waals surface area (Å²) in [6.07, 6.45) is 0.990. The van der Waals surface area contributed by atoms with Crippen LogP contribution in [0, 0.1) is 12.7 Å². The molecule has 0 saturated heterocycles. The summed E-state index contributed by atoms with van der Waals surface area (Å²) in [5, 5.41) is 16.1. The number of aryl methyl sites for hydroxylation is 1. The average molecular weight is 221 g/mol. The molecule has 2 aromatic rings. The van der Waals surface area contributed by atoms with Crippen LogP contribution in [0.25, 0.3) is 0 Å². The van der Waals surface area contributed by atoms with Crippen LogP contribution in [-0.4, -0.2) is 20.3 Å². The van der Waals surface area contributed by atoms with Gasteiger partial charge in [-0.15, -0.1) is 0 Å². The summed E-state index contributed by atoms with van der Waals surface area (Å²) in [6.45, 7) is 1.81. The first kappa shape index (κ1) is 10.8. The average Bonchev–Trinajstić information content (AvgIpc) is 2.75. The van der Waals surface area contributed by atoms with Crippen LogP contribution >= 0.6 is 0 Å². The Labute approximate surface area is 92.2 Å². The molecule has 2 N–H and O–H groups in total. The fourth-order valence-electron chi connectivity index (χ4n) is 1.57. The van der Waals surface area contributed by atoms with Gasteiger partial charge in [-0.25, -0.2) is 9.37 Å². The summed E-state index contributed by atoms with van der Waals surface area (Å²) >= 11 is 0. The largest absolute Gasteiger partial charge is 0.385 e. The van der Waals surface area contributed by atoms with Gasteiger partial charge in [-0.1, -0.05) is 6.07 Å². The number of aromatic amines is 1. The number of aliphatic hydroxyl groups is 1. The van der Waals surface area contributed by atoms with Crippen molar-refractivity contribution in [2.75, 3.05) is 0 Å². The number of halogens is 1. The highest BCUT2D eigenvalue weighted by Gasteiger charge is 2.12. The molecular formula is C11H12FN3O. The van der Waals surface area contributed by atoms with E-state index in [1.54, 1.807) is 6.07 Å². The lowest BCUT2D eigenvalue weighted by atomic mass is 10.0. The van der Waals surface area contributed by atoms with Gasteiger partial charge in [0.05, 0.1) is 0 Å². The monoisotopic (exact) mass is 221 g/mol. The zero-order valence-electron chi connectivity index (χ0n) is 8.81. The van der Waals surface area contributed by atoms with Crippen LogP contribution in [0.4, 0.5) is 4.39 Å². The highest BCUT2D eigenvalue weighted by Crippen LogP contribution is 2.18. The van der Waals surface area contributed by atoms with E-state index < -0.39 is 6.10 Å². The number of rotatable bonds is 3. The van der Waals surface area contributed by atoms with Crippen molar-refractivity contribution in [3.8, 4) is 0 Å². The molecule has 0 spiro atoms. The topological polar surface area (TPSA) is 61.8 Å². The molecule has 5 heteroatoms. The van der Waals surface area contributed by atoms with E-state index in [0.29, 0.717) is 12.2 Å². The zero-order valence-corrected chi connectivity index (χ0v) is 8.81. The Hall–Kier alpha value is -1.75. The second-order valence-electron chi connectivity index (χ2n) is 3.66. The number of benzene rings is 1. The highest BCUT2D eigenvalue weighted by atomic mass is 19.1. The summed E-state index contributed by atoms with van der Waals surface area (Å²) < 4.78 is 12.9. The normalized spacial score (nSPS) is 12.7. The third-order valence-electron chi connectivity index (χ3n) is 2.47. The Balaban J connectivity index is 2.15. The van der Waals surface area contributed by atoms with E-state index in [4.69, 9.17) is 0 Å². The van der Waals surface area contributed by atoms with Crippen LogP contribution in [0.2, 0.25) is 0 Å². The van der Waals surface area contributed by atoms with Crippen LogP contribution in [-0.2, 0) is 6.42 Å². The van der Waals surface area contributed by atoms with Gasteiger partial charge in [0.25, 0.3) is 0 Å². The fraction of sp³-hybridized carbons (Fsp3) is 0.273. The molecule has 0 radical (unpaired) electrons. The summed E-state index contributed by atoms with van der Waals surface area (Å²) in [7, 11) is 0. The van der Waals surface area contributed by atoms with Crippen LogP contribution in [0.15, 0.2) is 24.5 Å². The lowest BCUT2D eigenvalue weighted by molar-refractivity contribution is 0.168. The summed E-state index contributed by atoms with van der Waals surface area (Å²) in [6, 6.07) is 4.50. The van der Waals surface area contributed by atoms with Gasteiger partial charge in [0.15, 0.2) is 5.82 Å². The first-order valence-corrected chi connectivity index (χ1v) is 4.95. The van der Waals surface area contributed by atoms with E-state index in [0.717, 1.165) is 11.1 Å². The van der Waals surface area contributed by atoms with E-state index in [-0.39, 0.29) is 5.82 Å². The maximum absolute atomic E-state index is 12.9. The van der Waals surface area contributed by atoms with Gasteiger partial charge in [-0.3, -0.25) is 5.10 Å². The molecule has 2 rings (SSSR count). The van der Waals surface area contributed by atoms with Crippen LogP contribution in [0.1, 0.15) is 23.1 Å². The number of aliphatic hydroxyl groups excluding tert-OH is 1. The molecule has 1 aromatic carbocycles. The Morgan fingerprint density at radius 2 is 2.31 bits per heavy atom. The molecule has 1 aromatic heterocycles. The molecule has 0 amide bonds. The third-order valence-corrected chi connectivity index (χ3v) is 2.47. The molecular weight excluding hydrogens is 209 g/mol. The molecule has 0 aliphatic rings. The van der Waals surface area contributed by atoms with E-state index in [9.17, 15) is 9.50 Å². The molecule has 84 valence electrons. The molecule has 4 nitrogen and oxygen atoms in total. The van der Waals surface area contributed by atoms with Crippen LogP contribution in [0.5, 0.6) is 0 Å². The Morgan fingerprint density at radius 3 is 2.94 bits per heavy atom. The van der Waals surface area contributed by atoms with Gasteiger partial charge in [-0.05, 0) is 30.2 Å². The maximum atomic E-state index is 12.9. The van der Waals surface area contributed by atoms with E-state index in [2.05, 4.69) is 15.2 Å². The molecule has 0 saturated carbocycles. The predicted molar refractivity (Wildman–Crippen MR) is 56.2 cm³/mol. The van der Waals surface area contributed by atoms with Gasteiger partial charge < -0.3 is 5.11 Å². The van der Waals surface area contributed by atoms with E-state index >= 15 is 0 Å². The van der Waals surface area contributed by atoms with Crippen molar-refractivity contribution in [3.05, 3.63) is 47.3 Å². The fourth-order valence-corrected chi connectivity index (χ4v) is 1.57. The second-order valence-corrected chi connectivity index (χ2v) is 3.66. The summed E-state index contributed by atoms with van der Waals surface area (Å²) in [4.78, 5) is 3.87. The van der Waals surface area contributed by atoms with Crippen molar-refractivity contribution >= 4 is 0 Å².